The third-order valence-corrected chi connectivity index (χ3v) is 4.94. The van der Waals surface area contributed by atoms with Gasteiger partial charge in [-0.2, -0.15) is 0 Å². The predicted molar refractivity (Wildman–Crippen MR) is 103 cm³/mol. The number of aliphatic hydroxyl groups is 1. The van der Waals surface area contributed by atoms with Crippen molar-refractivity contribution in [3.63, 3.8) is 0 Å². The average molecular weight is 405 g/mol. The Morgan fingerprint density at radius 1 is 1.10 bits per heavy atom. The number of hydrogen-bond acceptors (Lipinski definition) is 6. The van der Waals surface area contributed by atoms with Crippen molar-refractivity contribution in [2.24, 2.45) is 0 Å². The molecule has 0 amide bonds. The quantitative estimate of drug-likeness (QED) is 0.653. The maximum Gasteiger partial charge on any atom is 0.417 e. The third-order valence-electron chi connectivity index (χ3n) is 4.94. The SMILES string of the molecule is O=c1[nH]c2ccc(OCC(O)CN3CCN(c4ccc(F)c(F)c4)CC3)cc2o1. The molecule has 9 heteroatoms. The topological polar surface area (TPSA) is 81.9 Å². The lowest BCUT2D eigenvalue weighted by Crippen LogP contribution is -2.49. The van der Waals surface area contributed by atoms with Crippen LogP contribution in [0.15, 0.2) is 45.6 Å². The summed E-state index contributed by atoms with van der Waals surface area (Å²) in [7, 11) is 0. The number of benzene rings is 2. The van der Waals surface area contributed by atoms with Crippen molar-refractivity contribution in [2.75, 3.05) is 44.2 Å². The van der Waals surface area contributed by atoms with Crippen molar-refractivity contribution in [1.82, 2.24) is 9.88 Å². The van der Waals surface area contributed by atoms with Gasteiger partial charge < -0.3 is 19.2 Å². The summed E-state index contributed by atoms with van der Waals surface area (Å²) in [5, 5.41) is 10.3. The molecule has 1 aromatic heterocycles. The van der Waals surface area contributed by atoms with E-state index in [-0.39, 0.29) is 6.61 Å². The van der Waals surface area contributed by atoms with Crippen LogP contribution in [0.4, 0.5) is 14.5 Å². The number of fused-ring (bicyclic) bond motifs is 1. The molecule has 2 heterocycles. The number of H-pyrrole nitrogens is 1. The number of aromatic nitrogens is 1. The van der Waals surface area contributed by atoms with E-state index in [4.69, 9.17) is 9.15 Å². The second-order valence-electron chi connectivity index (χ2n) is 7.02. The van der Waals surface area contributed by atoms with Gasteiger partial charge in [-0.1, -0.05) is 0 Å². The smallest absolute Gasteiger partial charge is 0.417 e. The predicted octanol–water partition coefficient (Wildman–Crippen LogP) is 1.96. The van der Waals surface area contributed by atoms with E-state index in [1.807, 2.05) is 4.90 Å². The van der Waals surface area contributed by atoms with Crippen LogP contribution in [-0.2, 0) is 0 Å². The van der Waals surface area contributed by atoms with Crippen molar-refractivity contribution in [3.8, 4) is 5.75 Å². The number of ether oxygens (including phenoxy) is 1. The molecule has 4 rings (SSSR count). The molecule has 1 atom stereocenters. The Morgan fingerprint density at radius 3 is 2.66 bits per heavy atom. The number of halogens is 2. The summed E-state index contributed by atoms with van der Waals surface area (Å²) in [5.41, 5.74) is 1.64. The Morgan fingerprint density at radius 2 is 1.90 bits per heavy atom. The van der Waals surface area contributed by atoms with E-state index in [0.717, 1.165) is 6.07 Å². The molecular formula is C20H21F2N3O4. The van der Waals surface area contributed by atoms with Gasteiger partial charge in [0.2, 0.25) is 0 Å². The molecule has 0 aliphatic carbocycles. The van der Waals surface area contributed by atoms with E-state index in [1.165, 1.54) is 6.07 Å². The van der Waals surface area contributed by atoms with Crippen molar-refractivity contribution in [2.45, 2.75) is 6.10 Å². The molecule has 1 unspecified atom stereocenters. The van der Waals surface area contributed by atoms with Crippen LogP contribution in [-0.4, -0.2) is 60.4 Å². The Hall–Kier alpha value is -2.91. The summed E-state index contributed by atoms with van der Waals surface area (Å²) in [6.45, 7) is 3.23. The van der Waals surface area contributed by atoms with Gasteiger partial charge in [-0.15, -0.1) is 0 Å². The summed E-state index contributed by atoms with van der Waals surface area (Å²) in [5.74, 6) is -1.73. The van der Waals surface area contributed by atoms with Crippen LogP contribution in [0.1, 0.15) is 0 Å². The number of piperazine rings is 1. The fourth-order valence-electron chi connectivity index (χ4n) is 3.43. The molecule has 0 saturated carbocycles. The first kappa shape index (κ1) is 19.4. The Bertz CT molecular complexity index is 1040. The molecule has 0 bridgehead atoms. The number of aromatic amines is 1. The van der Waals surface area contributed by atoms with Crippen molar-refractivity contribution < 1.29 is 23.0 Å². The standard InChI is InChI=1S/C20H21F2N3O4/c21-16-3-1-13(9-17(16)22)25-7-5-24(6-8-25)11-14(26)12-28-15-2-4-18-19(10-15)29-20(27)23-18/h1-4,9-10,14,26H,5-8,11-12H2,(H,23,27). The summed E-state index contributed by atoms with van der Waals surface area (Å²) >= 11 is 0. The number of anilines is 1. The van der Waals surface area contributed by atoms with Crippen LogP contribution in [0, 0.1) is 11.6 Å². The first-order valence-electron chi connectivity index (χ1n) is 9.34. The molecule has 1 aliphatic heterocycles. The van der Waals surface area contributed by atoms with E-state index >= 15 is 0 Å². The first-order chi connectivity index (χ1) is 14.0. The average Bonchev–Trinajstić information content (AvgIpc) is 3.08. The number of β-amino-alcohol motifs (C(OH)–C–C–N with tert-alkyl or cyclic N) is 1. The minimum absolute atomic E-state index is 0.101. The highest BCUT2D eigenvalue weighted by atomic mass is 19.2. The summed E-state index contributed by atoms with van der Waals surface area (Å²) in [6, 6.07) is 8.88. The van der Waals surface area contributed by atoms with Gasteiger partial charge in [-0.25, -0.2) is 13.6 Å². The van der Waals surface area contributed by atoms with Gasteiger partial charge in [0.05, 0.1) is 5.52 Å². The minimum atomic E-state index is -0.853. The van der Waals surface area contributed by atoms with Crippen LogP contribution in [0.2, 0.25) is 0 Å². The Balaban J connectivity index is 1.25. The molecule has 1 aliphatic rings. The van der Waals surface area contributed by atoms with Gasteiger partial charge in [-0.05, 0) is 24.3 Å². The number of nitrogens with zero attached hydrogens (tertiary/aromatic N) is 2. The van der Waals surface area contributed by atoms with E-state index in [0.29, 0.717) is 55.3 Å². The number of rotatable bonds is 6. The summed E-state index contributed by atoms with van der Waals surface area (Å²) in [6.07, 6.45) is -0.696. The monoisotopic (exact) mass is 405 g/mol. The maximum atomic E-state index is 13.4. The lowest BCUT2D eigenvalue weighted by molar-refractivity contribution is 0.0663. The molecule has 0 radical (unpaired) electrons. The van der Waals surface area contributed by atoms with Gasteiger partial charge in [0, 0.05) is 50.5 Å². The first-order valence-corrected chi connectivity index (χ1v) is 9.34. The second-order valence-corrected chi connectivity index (χ2v) is 7.02. The van der Waals surface area contributed by atoms with Crippen molar-refractivity contribution in [3.05, 3.63) is 58.6 Å². The van der Waals surface area contributed by atoms with Crippen LogP contribution in [0.3, 0.4) is 0 Å². The van der Waals surface area contributed by atoms with Gasteiger partial charge in [0.15, 0.2) is 17.2 Å². The summed E-state index contributed by atoms with van der Waals surface area (Å²) in [4.78, 5) is 17.8. The molecule has 0 spiro atoms. The number of hydrogen-bond donors (Lipinski definition) is 2. The molecule has 29 heavy (non-hydrogen) atoms. The minimum Gasteiger partial charge on any atom is -0.491 e. The molecule has 7 nitrogen and oxygen atoms in total. The lowest BCUT2D eigenvalue weighted by atomic mass is 10.2. The third kappa shape index (κ3) is 4.57. The van der Waals surface area contributed by atoms with Crippen LogP contribution >= 0.6 is 0 Å². The highest BCUT2D eigenvalue weighted by Gasteiger charge is 2.20. The number of nitrogens with one attached hydrogen (secondary N) is 1. The zero-order valence-corrected chi connectivity index (χ0v) is 15.6. The molecule has 1 fully saturated rings. The van der Waals surface area contributed by atoms with Gasteiger partial charge >= 0.3 is 5.76 Å². The molecule has 2 N–H and O–H groups in total. The zero-order valence-electron chi connectivity index (χ0n) is 15.6. The molecule has 154 valence electrons. The summed E-state index contributed by atoms with van der Waals surface area (Å²) < 4.78 is 37.1. The maximum absolute atomic E-state index is 13.4. The van der Waals surface area contributed by atoms with Crippen LogP contribution in [0.5, 0.6) is 5.75 Å². The van der Waals surface area contributed by atoms with E-state index in [1.54, 1.807) is 24.3 Å². The molecule has 3 aromatic rings. The van der Waals surface area contributed by atoms with Crippen molar-refractivity contribution >= 4 is 16.8 Å². The van der Waals surface area contributed by atoms with Crippen LogP contribution in [0.25, 0.3) is 11.1 Å². The van der Waals surface area contributed by atoms with Gasteiger partial charge in [0.25, 0.3) is 0 Å². The van der Waals surface area contributed by atoms with E-state index in [2.05, 4.69) is 9.88 Å². The lowest BCUT2D eigenvalue weighted by Gasteiger charge is -2.36. The van der Waals surface area contributed by atoms with Crippen molar-refractivity contribution in [1.29, 1.82) is 0 Å². The number of aliphatic hydroxyl groups excluding tert-OH is 1. The largest absolute Gasteiger partial charge is 0.491 e. The Kier molecular flexibility index (Phi) is 5.50. The highest BCUT2D eigenvalue weighted by Crippen LogP contribution is 2.20. The molecule has 2 aromatic carbocycles. The molecular weight excluding hydrogens is 384 g/mol. The normalized spacial score (nSPS) is 16.3. The second kappa shape index (κ2) is 8.22. The van der Waals surface area contributed by atoms with E-state index in [9.17, 15) is 18.7 Å². The zero-order chi connectivity index (χ0) is 20.4. The number of oxazole rings is 1. The fraction of sp³-hybridized carbons (Fsp3) is 0.350. The van der Waals surface area contributed by atoms with Gasteiger partial charge in [0.1, 0.15) is 18.5 Å². The van der Waals surface area contributed by atoms with Gasteiger partial charge in [-0.3, -0.25) is 9.88 Å². The molecule has 1 saturated heterocycles. The fourth-order valence-corrected chi connectivity index (χ4v) is 3.43. The van der Waals surface area contributed by atoms with Crippen LogP contribution < -0.4 is 15.4 Å². The Labute approximate surface area is 165 Å². The van der Waals surface area contributed by atoms with E-state index < -0.39 is 23.5 Å². The highest BCUT2D eigenvalue weighted by molar-refractivity contribution is 5.73.